The van der Waals surface area contributed by atoms with Gasteiger partial charge in [0, 0.05) is 10.6 Å². The summed E-state index contributed by atoms with van der Waals surface area (Å²) in [6.45, 7) is 0. The van der Waals surface area contributed by atoms with Gasteiger partial charge in [-0.15, -0.1) is 11.8 Å². The van der Waals surface area contributed by atoms with E-state index in [2.05, 4.69) is 15.0 Å². The average Bonchev–Trinajstić information content (AvgIpc) is 2.97. The number of aromatic nitrogens is 1. The average molecular weight is 314 g/mol. The van der Waals surface area contributed by atoms with Gasteiger partial charge in [0.1, 0.15) is 5.52 Å². The SMILES string of the molecule is COC(=O)Nc1ccc(SCc2nc3ccccc3o2)cc1. The van der Waals surface area contributed by atoms with Crippen LogP contribution < -0.4 is 5.32 Å². The van der Waals surface area contributed by atoms with Gasteiger partial charge in [-0.05, 0) is 36.4 Å². The standard InChI is InChI=1S/C16H14N2O3S/c1-20-16(19)17-11-6-8-12(9-7-11)22-10-15-18-13-4-2-3-5-14(13)21-15/h2-9H,10H2,1H3,(H,17,19). The van der Waals surface area contributed by atoms with E-state index in [9.17, 15) is 4.79 Å². The number of carbonyl (C=O) groups is 1. The van der Waals surface area contributed by atoms with E-state index in [-0.39, 0.29) is 0 Å². The first-order valence-electron chi connectivity index (χ1n) is 6.67. The Morgan fingerprint density at radius 3 is 2.73 bits per heavy atom. The predicted molar refractivity (Wildman–Crippen MR) is 86.0 cm³/mol. The van der Waals surface area contributed by atoms with Crippen LogP contribution in [0.1, 0.15) is 5.89 Å². The number of amides is 1. The van der Waals surface area contributed by atoms with E-state index in [4.69, 9.17) is 4.42 Å². The Labute approximate surface area is 131 Å². The van der Waals surface area contributed by atoms with E-state index in [1.165, 1.54) is 7.11 Å². The summed E-state index contributed by atoms with van der Waals surface area (Å²) < 4.78 is 10.2. The lowest BCUT2D eigenvalue weighted by Gasteiger charge is -2.04. The zero-order valence-electron chi connectivity index (χ0n) is 11.9. The Morgan fingerprint density at radius 2 is 2.00 bits per heavy atom. The second-order valence-corrected chi connectivity index (χ2v) is 5.55. The summed E-state index contributed by atoms with van der Waals surface area (Å²) in [5.41, 5.74) is 2.37. The van der Waals surface area contributed by atoms with E-state index < -0.39 is 6.09 Å². The third-order valence-electron chi connectivity index (χ3n) is 2.99. The maximum atomic E-state index is 11.1. The quantitative estimate of drug-likeness (QED) is 0.727. The first-order chi connectivity index (χ1) is 10.7. The van der Waals surface area contributed by atoms with Gasteiger partial charge in [0.2, 0.25) is 5.89 Å². The van der Waals surface area contributed by atoms with Gasteiger partial charge in [0.25, 0.3) is 0 Å². The Kier molecular flexibility index (Phi) is 4.29. The van der Waals surface area contributed by atoms with Crippen molar-refractivity contribution in [1.82, 2.24) is 4.98 Å². The molecule has 0 unspecified atom stereocenters. The third kappa shape index (κ3) is 3.40. The van der Waals surface area contributed by atoms with Crippen LogP contribution in [0.25, 0.3) is 11.1 Å². The lowest BCUT2D eigenvalue weighted by atomic mass is 10.3. The molecule has 0 atom stereocenters. The van der Waals surface area contributed by atoms with Gasteiger partial charge in [0.05, 0.1) is 12.9 Å². The number of benzene rings is 2. The first-order valence-corrected chi connectivity index (χ1v) is 7.65. The van der Waals surface area contributed by atoms with Gasteiger partial charge < -0.3 is 9.15 Å². The summed E-state index contributed by atoms with van der Waals surface area (Å²) in [5.74, 6) is 1.35. The number of rotatable bonds is 4. The van der Waals surface area contributed by atoms with Crippen molar-refractivity contribution < 1.29 is 13.9 Å². The topological polar surface area (TPSA) is 64.4 Å². The van der Waals surface area contributed by atoms with Crippen LogP contribution in [0.15, 0.2) is 57.8 Å². The van der Waals surface area contributed by atoms with Crippen molar-refractivity contribution in [3.63, 3.8) is 0 Å². The fourth-order valence-electron chi connectivity index (χ4n) is 1.93. The van der Waals surface area contributed by atoms with Gasteiger partial charge in [-0.2, -0.15) is 0 Å². The van der Waals surface area contributed by atoms with Crippen LogP contribution in [-0.4, -0.2) is 18.2 Å². The van der Waals surface area contributed by atoms with Crippen molar-refractivity contribution in [3.8, 4) is 0 Å². The molecule has 0 radical (unpaired) electrons. The second-order valence-electron chi connectivity index (χ2n) is 4.50. The number of nitrogens with zero attached hydrogens (tertiary/aromatic N) is 1. The van der Waals surface area contributed by atoms with E-state index in [0.717, 1.165) is 16.0 Å². The van der Waals surface area contributed by atoms with Crippen LogP contribution in [0.4, 0.5) is 10.5 Å². The number of fused-ring (bicyclic) bond motifs is 1. The molecule has 0 aliphatic heterocycles. The molecule has 0 saturated heterocycles. The highest BCUT2D eigenvalue weighted by Gasteiger charge is 2.06. The number of ether oxygens (including phenoxy) is 1. The number of carbonyl (C=O) groups excluding carboxylic acids is 1. The molecule has 0 aliphatic rings. The largest absolute Gasteiger partial charge is 0.453 e. The van der Waals surface area contributed by atoms with Gasteiger partial charge in [-0.3, -0.25) is 5.32 Å². The summed E-state index contributed by atoms with van der Waals surface area (Å²) in [5, 5.41) is 2.61. The van der Waals surface area contributed by atoms with E-state index in [0.29, 0.717) is 17.3 Å². The van der Waals surface area contributed by atoms with Crippen molar-refractivity contribution in [2.75, 3.05) is 12.4 Å². The van der Waals surface area contributed by atoms with Crippen molar-refractivity contribution in [3.05, 3.63) is 54.4 Å². The van der Waals surface area contributed by atoms with Crippen molar-refractivity contribution in [1.29, 1.82) is 0 Å². The smallest absolute Gasteiger partial charge is 0.411 e. The minimum atomic E-state index is -0.480. The summed E-state index contributed by atoms with van der Waals surface area (Å²) in [6.07, 6.45) is -0.480. The molecular formula is C16H14N2O3S. The summed E-state index contributed by atoms with van der Waals surface area (Å²) >= 11 is 1.62. The molecule has 0 bridgehead atoms. The molecule has 0 spiro atoms. The van der Waals surface area contributed by atoms with Crippen LogP contribution in [0.5, 0.6) is 0 Å². The molecule has 3 aromatic rings. The highest BCUT2D eigenvalue weighted by Crippen LogP contribution is 2.25. The Hall–Kier alpha value is -2.47. The molecule has 22 heavy (non-hydrogen) atoms. The highest BCUT2D eigenvalue weighted by molar-refractivity contribution is 7.98. The minimum Gasteiger partial charge on any atom is -0.453 e. The maximum Gasteiger partial charge on any atom is 0.411 e. The summed E-state index contributed by atoms with van der Waals surface area (Å²) in [4.78, 5) is 16.6. The molecule has 3 rings (SSSR count). The third-order valence-corrected chi connectivity index (χ3v) is 3.98. The molecule has 2 aromatic carbocycles. The Morgan fingerprint density at radius 1 is 1.23 bits per heavy atom. The molecule has 6 heteroatoms. The number of nitrogens with one attached hydrogen (secondary N) is 1. The fourth-order valence-corrected chi connectivity index (χ4v) is 2.67. The number of anilines is 1. The number of methoxy groups -OCH3 is 1. The minimum absolute atomic E-state index is 0.480. The number of hydrogen-bond donors (Lipinski definition) is 1. The zero-order chi connectivity index (χ0) is 15.4. The maximum absolute atomic E-state index is 11.1. The molecule has 1 amide bonds. The van der Waals surface area contributed by atoms with Crippen molar-refractivity contribution in [2.45, 2.75) is 10.6 Å². The Balaban J connectivity index is 1.62. The molecule has 112 valence electrons. The lowest BCUT2D eigenvalue weighted by Crippen LogP contribution is -2.10. The number of thioether (sulfide) groups is 1. The summed E-state index contributed by atoms with van der Waals surface area (Å²) in [7, 11) is 1.33. The molecular weight excluding hydrogens is 300 g/mol. The zero-order valence-corrected chi connectivity index (χ0v) is 12.7. The number of hydrogen-bond acceptors (Lipinski definition) is 5. The van der Waals surface area contributed by atoms with Gasteiger partial charge in [-0.25, -0.2) is 9.78 Å². The normalized spacial score (nSPS) is 10.6. The van der Waals surface area contributed by atoms with Crippen LogP contribution in [0, 0.1) is 0 Å². The molecule has 1 heterocycles. The second kappa shape index (κ2) is 6.53. The van der Waals surface area contributed by atoms with E-state index >= 15 is 0 Å². The van der Waals surface area contributed by atoms with Crippen LogP contribution in [-0.2, 0) is 10.5 Å². The molecule has 1 aromatic heterocycles. The molecule has 0 fully saturated rings. The monoisotopic (exact) mass is 314 g/mol. The molecule has 5 nitrogen and oxygen atoms in total. The predicted octanol–water partition coefficient (Wildman–Crippen LogP) is 4.30. The van der Waals surface area contributed by atoms with Gasteiger partial charge in [-0.1, -0.05) is 12.1 Å². The van der Waals surface area contributed by atoms with Crippen LogP contribution in [0.3, 0.4) is 0 Å². The summed E-state index contributed by atoms with van der Waals surface area (Å²) in [6, 6.07) is 15.2. The first kappa shape index (κ1) is 14.5. The molecule has 0 saturated carbocycles. The van der Waals surface area contributed by atoms with Crippen molar-refractivity contribution >= 4 is 34.6 Å². The lowest BCUT2D eigenvalue weighted by molar-refractivity contribution is 0.187. The van der Waals surface area contributed by atoms with Gasteiger partial charge >= 0.3 is 6.09 Å². The Bertz CT molecular complexity index is 750. The van der Waals surface area contributed by atoms with Gasteiger partial charge in [0.15, 0.2) is 5.58 Å². The van der Waals surface area contributed by atoms with E-state index in [1.54, 1.807) is 11.8 Å². The molecule has 1 N–H and O–H groups in total. The fraction of sp³-hybridized carbons (Fsp3) is 0.125. The molecule has 0 aliphatic carbocycles. The number of oxazole rings is 1. The highest BCUT2D eigenvalue weighted by atomic mass is 32.2. The number of para-hydroxylation sites is 2. The van der Waals surface area contributed by atoms with Crippen molar-refractivity contribution in [2.24, 2.45) is 0 Å². The van der Waals surface area contributed by atoms with Crippen LogP contribution in [0.2, 0.25) is 0 Å². The van der Waals surface area contributed by atoms with Crippen LogP contribution >= 0.6 is 11.8 Å². The van der Waals surface area contributed by atoms with E-state index in [1.807, 2.05) is 48.5 Å².